The number of benzene rings is 1. The Morgan fingerprint density at radius 1 is 1.09 bits per heavy atom. The molecule has 2 heterocycles. The Bertz CT molecular complexity index is 633. The number of anilines is 1. The van der Waals surface area contributed by atoms with Gasteiger partial charge in [-0.05, 0) is 30.0 Å². The fourth-order valence-electron chi connectivity index (χ4n) is 3.10. The van der Waals surface area contributed by atoms with Crippen LogP contribution < -0.4 is 15.1 Å². The molecule has 4 nitrogen and oxygen atoms in total. The van der Waals surface area contributed by atoms with Gasteiger partial charge in [-0.2, -0.15) is 0 Å². The summed E-state index contributed by atoms with van der Waals surface area (Å²) in [5, 5.41) is 5.19. The third-order valence-corrected chi connectivity index (χ3v) is 5.37. The van der Waals surface area contributed by atoms with Crippen LogP contribution in [0.3, 0.4) is 0 Å². The lowest BCUT2D eigenvalue weighted by molar-refractivity contribution is -1.01. The summed E-state index contributed by atoms with van der Waals surface area (Å²) in [7, 11) is 0. The van der Waals surface area contributed by atoms with Crippen LogP contribution in [0, 0.1) is 6.92 Å². The van der Waals surface area contributed by atoms with E-state index in [-0.39, 0.29) is 5.91 Å². The van der Waals surface area contributed by atoms with Gasteiger partial charge >= 0.3 is 0 Å². The number of hydrogen-bond acceptors (Lipinski definition) is 2. The van der Waals surface area contributed by atoms with Gasteiger partial charge in [0.15, 0.2) is 6.54 Å². The Hall–Kier alpha value is -1.69. The minimum atomic E-state index is 0.121. The summed E-state index contributed by atoms with van der Waals surface area (Å²) in [6.45, 7) is 8.15. The average molecular weight is 331 g/mol. The summed E-state index contributed by atoms with van der Waals surface area (Å²) in [6.07, 6.45) is 0. The van der Waals surface area contributed by atoms with Crippen molar-refractivity contribution < 1.29 is 14.6 Å². The third kappa shape index (κ3) is 4.64. The average Bonchev–Trinajstić information content (AvgIpc) is 3.04. The molecule has 5 heteroatoms. The highest BCUT2D eigenvalue weighted by atomic mass is 32.1. The van der Waals surface area contributed by atoms with Crippen LogP contribution in [0.1, 0.15) is 10.4 Å². The van der Waals surface area contributed by atoms with Crippen LogP contribution >= 0.6 is 11.3 Å². The van der Waals surface area contributed by atoms with E-state index in [9.17, 15) is 4.79 Å². The lowest BCUT2D eigenvalue weighted by atomic mass is 10.2. The molecule has 0 radical (unpaired) electrons. The zero-order valence-electron chi connectivity index (χ0n) is 13.6. The Kier molecular flexibility index (Phi) is 5.43. The highest BCUT2D eigenvalue weighted by molar-refractivity contribution is 7.09. The second kappa shape index (κ2) is 7.73. The summed E-state index contributed by atoms with van der Waals surface area (Å²) in [5.74, 6) is 0.121. The van der Waals surface area contributed by atoms with Gasteiger partial charge in [-0.25, -0.2) is 0 Å². The number of aryl methyl sites for hydroxylation is 1. The molecule has 1 fully saturated rings. The molecule has 122 valence electrons. The Morgan fingerprint density at radius 2 is 1.83 bits per heavy atom. The molecule has 1 aromatic carbocycles. The quantitative estimate of drug-likeness (QED) is 0.708. The molecule has 3 N–H and O–H groups in total. The minimum Gasteiger partial charge on any atom is -0.321 e. The highest BCUT2D eigenvalue weighted by Crippen LogP contribution is 2.12. The summed E-state index contributed by atoms with van der Waals surface area (Å²) >= 11 is 1.84. The van der Waals surface area contributed by atoms with Crippen molar-refractivity contribution in [3.8, 4) is 0 Å². The van der Waals surface area contributed by atoms with Crippen molar-refractivity contribution in [1.29, 1.82) is 0 Å². The number of quaternary nitrogens is 2. The standard InChI is InChI=1S/C18H23N3OS/c1-15-5-2-3-7-17(15)19-18(22)14-21-10-8-20(9-11-21)13-16-6-4-12-23-16/h2-7,12H,8-11,13-14H2,1H3,(H,19,22)/p+2. The first-order chi connectivity index (χ1) is 11.2. The Morgan fingerprint density at radius 3 is 2.52 bits per heavy atom. The number of carbonyl (C=O) groups is 1. The number of carbonyl (C=O) groups excluding carboxylic acids is 1. The molecule has 0 atom stereocenters. The number of nitrogens with one attached hydrogen (secondary N) is 3. The fourth-order valence-corrected chi connectivity index (χ4v) is 3.88. The van der Waals surface area contributed by atoms with Crippen LogP contribution in [0.5, 0.6) is 0 Å². The molecule has 1 aliphatic heterocycles. The number of hydrogen-bond donors (Lipinski definition) is 3. The van der Waals surface area contributed by atoms with Crippen molar-refractivity contribution in [2.75, 3.05) is 38.0 Å². The molecule has 0 spiro atoms. The first kappa shape index (κ1) is 16.2. The largest absolute Gasteiger partial charge is 0.321 e. The van der Waals surface area contributed by atoms with Crippen LogP contribution in [0.2, 0.25) is 0 Å². The lowest BCUT2D eigenvalue weighted by Crippen LogP contribution is -3.28. The number of thiophene rings is 1. The molecule has 3 rings (SSSR count). The second-order valence-corrected chi connectivity index (χ2v) is 7.33. The van der Waals surface area contributed by atoms with E-state index in [0.29, 0.717) is 6.54 Å². The molecule has 1 aliphatic rings. The van der Waals surface area contributed by atoms with Gasteiger partial charge < -0.3 is 15.1 Å². The molecular formula is C18H25N3OS+2. The van der Waals surface area contributed by atoms with Gasteiger partial charge in [0.05, 0.1) is 4.88 Å². The number of amides is 1. The zero-order valence-corrected chi connectivity index (χ0v) is 14.4. The van der Waals surface area contributed by atoms with Crippen molar-refractivity contribution >= 4 is 22.9 Å². The number of para-hydroxylation sites is 1. The zero-order chi connectivity index (χ0) is 16.1. The van der Waals surface area contributed by atoms with Crippen LogP contribution in [-0.2, 0) is 11.3 Å². The van der Waals surface area contributed by atoms with Gasteiger partial charge in [-0.3, -0.25) is 4.79 Å². The Balaban J connectivity index is 1.43. The van der Waals surface area contributed by atoms with Gasteiger partial charge in [-0.1, -0.05) is 24.3 Å². The molecule has 0 saturated carbocycles. The maximum atomic E-state index is 12.2. The van der Waals surface area contributed by atoms with Crippen molar-refractivity contribution in [1.82, 2.24) is 0 Å². The third-order valence-electron chi connectivity index (χ3n) is 4.50. The van der Waals surface area contributed by atoms with Crippen molar-refractivity contribution in [3.05, 3.63) is 52.2 Å². The van der Waals surface area contributed by atoms with Gasteiger partial charge in [0.1, 0.15) is 32.7 Å². The van der Waals surface area contributed by atoms with Gasteiger partial charge in [-0.15, -0.1) is 11.3 Å². The molecule has 1 saturated heterocycles. The SMILES string of the molecule is Cc1ccccc1NC(=O)C[NH+]1CC[NH+](Cc2cccs2)CC1. The topological polar surface area (TPSA) is 38.0 Å². The Labute approximate surface area is 141 Å². The maximum Gasteiger partial charge on any atom is 0.279 e. The predicted molar refractivity (Wildman–Crippen MR) is 94.1 cm³/mol. The molecule has 1 aromatic heterocycles. The normalized spacial score (nSPS) is 21.1. The van der Waals surface area contributed by atoms with E-state index in [2.05, 4.69) is 22.8 Å². The first-order valence-corrected chi connectivity index (χ1v) is 9.13. The molecule has 0 aliphatic carbocycles. The van der Waals surface area contributed by atoms with Crippen molar-refractivity contribution in [2.24, 2.45) is 0 Å². The van der Waals surface area contributed by atoms with Crippen LogP contribution in [0.25, 0.3) is 0 Å². The van der Waals surface area contributed by atoms with E-state index in [1.165, 1.54) is 9.78 Å². The van der Waals surface area contributed by atoms with Crippen LogP contribution in [-0.4, -0.2) is 38.6 Å². The molecule has 23 heavy (non-hydrogen) atoms. The van der Waals surface area contributed by atoms with E-state index in [1.807, 2.05) is 42.5 Å². The smallest absolute Gasteiger partial charge is 0.279 e. The van der Waals surface area contributed by atoms with Crippen LogP contribution in [0.4, 0.5) is 5.69 Å². The molecule has 1 amide bonds. The predicted octanol–water partition coefficient (Wildman–Crippen LogP) is -0.0214. The fraction of sp³-hybridized carbons (Fsp3) is 0.389. The molecule has 2 aromatic rings. The number of rotatable bonds is 5. The summed E-state index contributed by atoms with van der Waals surface area (Å²) < 4.78 is 0. The van der Waals surface area contributed by atoms with E-state index in [1.54, 1.807) is 4.90 Å². The molecular weight excluding hydrogens is 306 g/mol. The van der Waals surface area contributed by atoms with Crippen molar-refractivity contribution in [3.63, 3.8) is 0 Å². The minimum absolute atomic E-state index is 0.121. The van der Waals surface area contributed by atoms with Gasteiger partial charge in [0.2, 0.25) is 0 Å². The second-order valence-electron chi connectivity index (χ2n) is 6.30. The van der Waals surface area contributed by atoms with E-state index >= 15 is 0 Å². The van der Waals surface area contributed by atoms with Gasteiger partial charge in [0, 0.05) is 5.69 Å². The van der Waals surface area contributed by atoms with E-state index < -0.39 is 0 Å². The summed E-state index contributed by atoms with van der Waals surface area (Å²) in [5.41, 5.74) is 2.04. The number of piperazine rings is 1. The highest BCUT2D eigenvalue weighted by Gasteiger charge is 2.25. The summed E-state index contributed by atoms with van der Waals surface area (Å²) in [6, 6.07) is 12.3. The first-order valence-electron chi connectivity index (χ1n) is 8.26. The van der Waals surface area contributed by atoms with Crippen molar-refractivity contribution in [2.45, 2.75) is 13.5 Å². The lowest BCUT2D eigenvalue weighted by Gasteiger charge is -2.29. The van der Waals surface area contributed by atoms with Gasteiger partial charge in [0.25, 0.3) is 5.91 Å². The molecule has 0 unspecified atom stereocenters. The maximum absolute atomic E-state index is 12.2. The van der Waals surface area contributed by atoms with Crippen LogP contribution in [0.15, 0.2) is 41.8 Å². The van der Waals surface area contributed by atoms with E-state index in [4.69, 9.17) is 0 Å². The van der Waals surface area contributed by atoms with E-state index in [0.717, 1.165) is 44.0 Å². The monoisotopic (exact) mass is 331 g/mol. The summed E-state index contributed by atoms with van der Waals surface area (Å²) in [4.78, 5) is 16.7. The molecule has 0 bridgehead atoms.